The molecule has 0 unspecified atom stereocenters. The van der Waals surface area contributed by atoms with Crippen molar-refractivity contribution in [2.45, 2.75) is 0 Å². The maximum Gasteiger partial charge on any atom is 0.276 e. The summed E-state index contributed by atoms with van der Waals surface area (Å²) in [5.41, 5.74) is 7.12. The third-order valence-electron chi connectivity index (χ3n) is 0.974. The molecule has 0 aliphatic carbocycles. The van der Waals surface area contributed by atoms with Crippen LogP contribution in [0.5, 0.6) is 0 Å². The van der Waals surface area contributed by atoms with Gasteiger partial charge < -0.3 is 11.2 Å². The second kappa shape index (κ2) is 2.36. The van der Waals surface area contributed by atoms with Crippen molar-refractivity contribution in [1.82, 2.24) is 9.97 Å². The Morgan fingerprint density at radius 1 is 1.70 bits per heavy atom. The van der Waals surface area contributed by atoms with Crippen LogP contribution in [-0.4, -0.2) is 9.97 Å². The van der Waals surface area contributed by atoms with Crippen LogP contribution in [-0.2, 0) is 0 Å². The zero-order valence-corrected chi connectivity index (χ0v) is 5.09. The molecule has 0 aromatic carbocycles. The molecule has 6 nitrogen and oxygen atoms in total. The first-order valence-electron chi connectivity index (χ1n) is 2.55. The molecule has 0 saturated carbocycles. The Bertz CT molecular complexity index is 279. The van der Waals surface area contributed by atoms with Gasteiger partial charge in [-0.1, -0.05) is 0 Å². The Morgan fingerprint density at radius 3 is 2.90 bits per heavy atom. The highest BCUT2D eigenvalue weighted by Gasteiger charge is 1.95. The maximum absolute atomic E-state index is 10.8. The molecule has 10 heavy (non-hydrogen) atoms. The van der Waals surface area contributed by atoms with E-state index in [4.69, 9.17) is 11.6 Å². The molecule has 6 N–H and O–H groups in total. The summed E-state index contributed by atoms with van der Waals surface area (Å²) < 4.78 is 0. The summed E-state index contributed by atoms with van der Waals surface area (Å²) in [6, 6.07) is 0. The van der Waals surface area contributed by atoms with E-state index in [2.05, 4.69) is 15.4 Å². The molecule has 0 atom stereocenters. The number of aromatic nitrogens is 2. The Hall–Kier alpha value is -1.56. The second-order valence-corrected chi connectivity index (χ2v) is 1.66. The molecule has 0 amide bonds. The molecular weight excluding hydrogens is 134 g/mol. The van der Waals surface area contributed by atoms with Crippen molar-refractivity contribution in [3.8, 4) is 0 Å². The van der Waals surface area contributed by atoms with Crippen molar-refractivity contribution in [3.63, 3.8) is 0 Å². The third kappa shape index (κ3) is 1.06. The van der Waals surface area contributed by atoms with Crippen LogP contribution < -0.4 is 22.6 Å². The average Bonchev–Trinajstić information content (AvgIpc) is 1.88. The van der Waals surface area contributed by atoms with Gasteiger partial charge in [-0.25, -0.2) is 4.98 Å². The summed E-state index contributed by atoms with van der Waals surface area (Å²) in [4.78, 5) is 16.6. The molecule has 0 radical (unpaired) electrons. The maximum atomic E-state index is 10.8. The number of hydrazine groups is 1. The molecule has 1 aromatic rings. The van der Waals surface area contributed by atoms with Gasteiger partial charge in [0, 0.05) is 0 Å². The van der Waals surface area contributed by atoms with E-state index in [0.717, 1.165) is 0 Å². The molecule has 6 heteroatoms. The van der Waals surface area contributed by atoms with Crippen LogP contribution in [0, 0.1) is 0 Å². The molecule has 1 rings (SSSR count). The zero-order chi connectivity index (χ0) is 7.56. The van der Waals surface area contributed by atoms with E-state index in [0.29, 0.717) is 0 Å². The van der Waals surface area contributed by atoms with Gasteiger partial charge in [0.05, 0.1) is 6.20 Å². The molecule has 54 valence electrons. The molecule has 0 fully saturated rings. The number of H-pyrrole nitrogens is 1. The van der Waals surface area contributed by atoms with Crippen molar-refractivity contribution < 1.29 is 0 Å². The van der Waals surface area contributed by atoms with Gasteiger partial charge in [-0.2, -0.15) is 0 Å². The second-order valence-electron chi connectivity index (χ2n) is 1.66. The summed E-state index contributed by atoms with van der Waals surface area (Å²) >= 11 is 0. The van der Waals surface area contributed by atoms with Crippen LogP contribution in [0.1, 0.15) is 0 Å². The number of nitrogens with one attached hydrogen (secondary N) is 2. The van der Waals surface area contributed by atoms with E-state index < -0.39 is 0 Å². The summed E-state index contributed by atoms with van der Waals surface area (Å²) in [6.45, 7) is 0. The Balaban J connectivity index is 3.20. The van der Waals surface area contributed by atoms with Crippen molar-refractivity contribution >= 4 is 11.6 Å². The number of hydrogen-bond acceptors (Lipinski definition) is 5. The summed E-state index contributed by atoms with van der Waals surface area (Å²) in [7, 11) is 0. The van der Waals surface area contributed by atoms with E-state index >= 15 is 0 Å². The highest BCUT2D eigenvalue weighted by Crippen LogP contribution is 1.91. The average molecular weight is 141 g/mol. The van der Waals surface area contributed by atoms with Crippen molar-refractivity contribution in [1.29, 1.82) is 0 Å². The fraction of sp³-hybridized carbons (Fsp3) is 0. The van der Waals surface area contributed by atoms with Gasteiger partial charge in [-0.3, -0.25) is 15.6 Å². The van der Waals surface area contributed by atoms with Gasteiger partial charge in [0.1, 0.15) is 5.69 Å². The van der Waals surface area contributed by atoms with E-state index in [1.54, 1.807) is 0 Å². The number of aromatic amines is 1. The van der Waals surface area contributed by atoms with Crippen molar-refractivity contribution in [3.05, 3.63) is 16.6 Å². The number of nitrogen functional groups attached to an aromatic ring is 2. The number of nitrogens with zero attached hydrogens (tertiary/aromatic N) is 1. The van der Waals surface area contributed by atoms with Gasteiger partial charge in [-0.05, 0) is 0 Å². The smallest absolute Gasteiger partial charge is 0.276 e. The topological polar surface area (TPSA) is 110 Å². The Labute approximate surface area is 56.2 Å². The van der Waals surface area contributed by atoms with Crippen LogP contribution >= 0.6 is 0 Å². The van der Waals surface area contributed by atoms with Crippen LogP contribution in [0.25, 0.3) is 0 Å². The van der Waals surface area contributed by atoms with E-state index in [9.17, 15) is 4.79 Å². The Kier molecular flexibility index (Phi) is 1.55. The lowest BCUT2D eigenvalue weighted by atomic mass is 10.5. The molecule has 0 saturated heterocycles. The molecule has 0 spiro atoms. The first-order valence-corrected chi connectivity index (χ1v) is 2.55. The third-order valence-corrected chi connectivity index (χ3v) is 0.974. The van der Waals surface area contributed by atoms with Gasteiger partial charge in [0.15, 0.2) is 5.95 Å². The van der Waals surface area contributed by atoms with Crippen LogP contribution in [0.4, 0.5) is 11.6 Å². The lowest BCUT2D eigenvalue weighted by molar-refractivity contribution is 1.12. The Morgan fingerprint density at radius 2 is 2.40 bits per heavy atom. The number of hydrogen-bond donors (Lipinski definition) is 4. The minimum Gasteiger partial charge on any atom is -0.369 e. The number of anilines is 2. The zero-order valence-electron chi connectivity index (χ0n) is 5.09. The highest BCUT2D eigenvalue weighted by atomic mass is 16.1. The normalized spacial score (nSPS) is 9.30. The molecule has 0 aliphatic rings. The monoisotopic (exact) mass is 141 g/mol. The van der Waals surface area contributed by atoms with E-state index in [1.807, 2.05) is 0 Å². The SMILES string of the molecule is NNc1cnc(N)[nH]c1=O. The molecule has 0 aliphatic heterocycles. The van der Waals surface area contributed by atoms with Gasteiger partial charge in [-0.15, -0.1) is 0 Å². The van der Waals surface area contributed by atoms with E-state index in [-0.39, 0.29) is 17.2 Å². The highest BCUT2D eigenvalue weighted by molar-refractivity contribution is 5.38. The first-order chi connectivity index (χ1) is 4.74. The fourth-order valence-electron chi connectivity index (χ4n) is 0.511. The molecule has 1 aromatic heterocycles. The summed E-state index contributed by atoms with van der Waals surface area (Å²) in [5, 5.41) is 0. The minimum atomic E-state index is -0.380. The predicted molar refractivity (Wildman–Crippen MR) is 37.1 cm³/mol. The molecular formula is C4H7N5O. The van der Waals surface area contributed by atoms with Gasteiger partial charge in [0.25, 0.3) is 5.56 Å². The summed E-state index contributed by atoms with van der Waals surface area (Å²) in [6.07, 6.45) is 1.26. The minimum absolute atomic E-state index is 0.0731. The van der Waals surface area contributed by atoms with Crippen LogP contribution in [0.15, 0.2) is 11.0 Å². The van der Waals surface area contributed by atoms with Crippen LogP contribution in [0.2, 0.25) is 0 Å². The largest absolute Gasteiger partial charge is 0.369 e. The van der Waals surface area contributed by atoms with Crippen molar-refractivity contribution in [2.75, 3.05) is 11.2 Å². The lowest BCUT2D eigenvalue weighted by Crippen LogP contribution is -2.19. The van der Waals surface area contributed by atoms with Gasteiger partial charge in [0.2, 0.25) is 0 Å². The van der Waals surface area contributed by atoms with E-state index in [1.165, 1.54) is 6.20 Å². The standard InChI is InChI=1S/C4H7N5O/c5-4-7-1-2(9-6)3(10)8-4/h1,9H,6H2,(H3,5,7,8,10). The molecule has 0 bridgehead atoms. The predicted octanol–water partition coefficient (Wildman–Crippen LogP) is -1.36. The van der Waals surface area contributed by atoms with Crippen molar-refractivity contribution in [2.24, 2.45) is 5.84 Å². The molecule has 1 heterocycles. The quantitative estimate of drug-likeness (QED) is 0.285. The van der Waals surface area contributed by atoms with Crippen LogP contribution in [0.3, 0.4) is 0 Å². The number of nitrogens with two attached hydrogens (primary N) is 2. The fourth-order valence-corrected chi connectivity index (χ4v) is 0.511. The number of rotatable bonds is 1. The first kappa shape index (κ1) is 6.56. The van der Waals surface area contributed by atoms with Gasteiger partial charge >= 0.3 is 0 Å². The lowest BCUT2D eigenvalue weighted by Gasteiger charge is -1.96. The summed E-state index contributed by atoms with van der Waals surface area (Å²) in [5.74, 6) is 5.02.